The van der Waals surface area contributed by atoms with E-state index in [2.05, 4.69) is 20.9 Å². The van der Waals surface area contributed by atoms with Crippen molar-refractivity contribution in [2.24, 2.45) is 0 Å². The Labute approximate surface area is 156 Å². The molecular formula is C18H11BrCl2N2O. The van der Waals surface area contributed by atoms with E-state index in [9.17, 15) is 4.79 Å². The minimum Gasteiger partial charge on any atom is -0.269 e. The largest absolute Gasteiger partial charge is 0.269 e. The summed E-state index contributed by atoms with van der Waals surface area (Å²) < 4.78 is 2.43. The third kappa shape index (κ3) is 2.69. The van der Waals surface area contributed by atoms with Crippen LogP contribution in [0.2, 0.25) is 10.0 Å². The molecule has 0 aliphatic heterocycles. The van der Waals surface area contributed by atoms with Gasteiger partial charge in [-0.05, 0) is 70.2 Å². The number of fused-ring (bicyclic) bond motifs is 2. The summed E-state index contributed by atoms with van der Waals surface area (Å²) in [6, 6.07) is 9.10. The van der Waals surface area contributed by atoms with Crippen LogP contribution in [-0.4, -0.2) is 9.38 Å². The molecule has 24 heavy (non-hydrogen) atoms. The van der Waals surface area contributed by atoms with E-state index >= 15 is 0 Å². The molecule has 0 saturated carbocycles. The Morgan fingerprint density at radius 1 is 1.17 bits per heavy atom. The van der Waals surface area contributed by atoms with E-state index < -0.39 is 0 Å². The van der Waals surface area contributed by atoms with Crippen molar-refractivity contribution in [1.82, 2.24) is 9.38 Å². The van der Waals surface area contributed by atoms with E-state index in [4.69, 9.17) is 23.2 Å². The standard InChI is InChI=1S/C18H11BrCl2N2O/c19-12-3-6-16-22-17-11(2-5-14(17)18(24)23(16)9-12)7-10-1-4-13(20)8-15(10)21/h1,3-4,6-9H,2,5H2/b11-7-. The van der Waals surface area contributed by atoms with Crippen LogP contribution in [0.5, 0.6) is 0 Å². The highest BCUT2D eigenvalue weighted by molar-refractivity contribution is 9.10. The van der Waals surface area contributed by atoms with Gasteiger partial charge < -0.3 is 0 Å². The lowest BCUT2D eigenvalue weighted by molar-refractivity contribution is 0.968. The Kier molecular flexibility index (Phi) is 3.99. The molecule has 0 saturated heterocycles. The minimum absolute atomic E-state index is 0.0121. The third-order valence-corrected chi connectivity index (χ3v) is 5.15. The van der Waals surface area contributed by atoms with E-state index in [-0.39, 0.29) is 5.56 Å². The molecule has 1 aromatic carbocycles. The van der Waals surface area contributed by atoms with Crippen LogP contribution in [0.4, 0.5) is 0 Å². The topological polar surface area (TPSA) is 34.4 Å². The second-order valence-corrected chi connectivity index (χ2v) is 7.41. The van der Waals surface area contributed by atoms with Crippen LogP contribution in [0, 0.1) is 0 Å². The molecule has 3 nitrogen and oxygen atoms in total. The van der Waals surface area contributed by atoms with Gasteiger partial charge >= 0.3 is 0 Å². The fourth-order valence-corrected chi connectivity index (χ4v) is 3.77. The maximum atomic E-state index is 12.7. The second kappa shape index (κ2) is 6.03. The van der Waals surface area contributed by atoms with E-state index in [1.807, 2.05) is 24.3 Å². The smallest absolute Gasteiger partial charge is 0.261 e. The summed E-state index contributed by atoms with van der Waals surface area (Å²) in [7, 11) is 0. The molecule has 2 heterocycles. The molecule has 2 aromatic heterocycles. The van der Waals surface area contributed by atoms with Gasteiger partial charge in [0, 0.05) is 26.3 Å². The van der Waals surface area contributed by atoms with E-state index in [1.165, 1.54) is 0 Å². The lowest BCUT2D eigenvalue weighted by Crippen LogP contribution is -2.19. The number of aromatic nitrogens is 2. The van der Waals surface area contributed by atoms with E-state index in [0.29, 0.717) is 22.1 Å². The SMILES string of the molecule is O=c1c2c(nc3ccc(Br)cn13)/C(=C\c1ccc(Cl)cc1Cl)CC2. The maximum absolute atomic E-state index is 12.7. The lowest BCUT2D eigenvalue weighted by Gasteiger charge is -2.06. The highest BCUT2D eigenvalue weighted by atomic mass is 79.9. The van der Waals surface area contributed by atoms with Crippen molar-refractivity contribution in [3.63, 3.8) is 0 Å². The van der Waals surface area contributed by atoms with Gasteiger partial charge in [-0.1, -0.05) is 29.3 Å². The van der Waals surface area contributed by atoms with Gasteiger partial charge in [0.05, 0.1) is 5.69 Å². The van der Waals surface area contributed by atoms with Crippen LogP contribution < -0.4 is 5.56 Å². The Bertz CT molecular complexity index is 1070. The van der Waals surface area contributed by atoms with Crippen molar-refractivity contribution in [2.75, 3.05) is 0 Å². The molecule has 3 aromatic rings. The van der Waals surface area contributed by atoms with Gasteiger partial charge in [-0.25, -0.2) is 4.98 Å². The van der Waals surface area contributed by atoms with Crippen molar-refractivity contribution in [3.05, 3.63) is 78.2 Å². The fraction of sp³-hybridized carbons (Fsp3) is 0.111. The van der Waals surface area contributed by atoms with Gasteiger partial charge in [-0.2, -0.15) is 0 Å². The van der Waals surface area contributed by atoms with E-state index in [0.717, 1.165) is 33.3 Å². The summed E-state index contributed by atoms with van der Waals surface area (Å²) in [4.78, 5) is 17.4. The number of nitrogens with zero attached hydrogens (tertiary/aromatic N) is 2. The fourth-order valence-electron chi connectivity index (χ4n) is 2.97. The number of allylic oxidation sites excluding steroid dienone is 1. The Morgan fingerprint density at radius 3 is 2.79 bits per heavy atom. The van der Waals surface area contributed by atoms with Crippen LogP contribution in [0.15, 0.2) is 45.8 Å². The number of hydrogen-bond donors (Lipinski definition) is 0. The first kappa shape index (κ1) is 15.9. The molecule has 0 N–H and O–H groups in total. The average Bonchev–Trinajstić information content (AvgIpc) is 2.94. The zero-order valence-electron chi connectivity index (χ0n) is 12.4. The number of benzene rings is 1. The maximum Gasteiger partial charge on any atom is 0.261 e. The first-order valence-electron chi connectivity index (χ1n) is 7.40. The van der Waals surface area contributed by atoms with Gasteiger partial charge in [-0.3, -0.25) is 9.20 Å². The molecule has 0 spiro atoms. The highest BCUT2D eigenvalue weighted by Gasteiger charge is 2.23. The Hall–Kier alpha value is -1.62. The highest BCUT2D eigenvalue weighted by Crippen LogP contribution is 2.33. The molecular weight excluding hydrogens is 411 g/mol. The van der Waals surface area contributed by atoms with Gasteiger partial charge in [0.1, 0.15) is 5.65 Å². The number of halogens is 3. The van der Waals surface area contributed by atoms with Crippen molar-refractivity contribution >= 4 is 56.4 Å². The summed E-state index contributed by atoms with van der Waals surface area (Å²) in [6.45, 7) is 0. The van der Waals surface area contributed by atoms with Crippen molar-refractivity contribution < 1.29 is 0 Å². The zero-order chi connectivity index (χ0) is 16.8. The average molecular weight is 422 g/mol. The van der Waals surface area contributed by atoms with Crippen LogP contribution in [-0.2, 0) is 6.42 Å². The van der Waals surface area contributed by atoms with E-state index in [1.54, 1.807) is 22.7 Å². The molecule has 0 radical (unpaired) electrons. The van der Waals surface area contributed by atoms with Gasteiger partial charge in [-0.15, -0.1) is 0 Å². The number of rotatable bonds is 1. The third-order valence-electron chi connectivity index (χ3n) is 4.12. The Morgan fingerprint density at radius 2 is 2.00 bits per heavy atom. The molecule has 1 aliphatic rings. The first-order chi connectivity index (χ1) is 11.5. The molecule has 0 unspecified atom stereocenters. The summed E-state index contributed by atoms with van der Waals surface area (Å²) in [5.41, 5.74) is 4.05. The van der Waals surface area contributed by atoms with Crippen molar-refractivity contribution in [1.29, 1.82) is 0 Å². The first-order valence-corrected chi connectivity index (χ1v) is 8.94. The normalized spacial score (nSPS) is 15.2. The predicted molar refractivity (Wildman–Crippen MR) is 102 cm³/mol. The second-order valence-electron chi connectivity index (χ2n) is 5.66. The quantitative estimate of drug-likeness (QED) is 0.537. The van der Waals surface area contributed by atoms with Crippen LogP contribution in [0.25, 0.3) is 17.3 Å². The number of hydrogen-bond acceptors (Lipinski definition) is 2. The lowest BCUT2D eigenvalue weighted by atomic mass is 10.1. The van der Waals surface area contributed by atoms with Gasteiger partial charge in [0.25, 0.3) is 5.56 Å². The molecule has 4 rings (SSSR count). The van der Waals surface area contributed by atoms with Crippen LogP contribution in [0.3, 0.4) is 0 Å². The van der Waals surface area contributed by atoms with Crippen LogP contribution in [0.1, 0.15) is 23.2 Å². The van der Waals surface area contributed by atoms with Crippen molar-refractivity contribution in [2.45, 2.75) is 12.8 Å². The molecule has 6 heteroatoms. The number of pyridine rings is 1. The molecule has 0 amide bonds. The summed E-state index contributed by atoms with van der Waals surface area (Å²) in [5, 5.41) is 1.19. The zero-order valence-corrected chi connectivity index (χ0v) is 15.5. The summed E-state index contributed by atoms with van der Waals surface area (Å²) >= 11 is 15.6. The van der Waals surface area contributed by atoms with Gasteiger partial charge in [0.15, 0.2) is 0 Å². The summed E-state index contributed by atoms with van der Waals surface area (Å²) in [5.74, 6) is 0. The van der Waals surface area contributed by atoms with Crippen LogP contribution >= 0.6 is 39.1 Å². The molecule has 0 atom stereocenters. The molecule has 120 valence electrons. The Balaban J connectivity index is 1.90. The van der Waals surface area contributed by atoms with Crippen molar-refractivity contribution in [3.8, 4) is 0 Å². The molecule has 1 aliphatic carbocycles. The molecule has 0 fully saturated rings. The van der Waals surface area contributed by atoms with Gasteiger partial charge in [0.2, 0.25) is 0 Å². The predicted octanol–water partition coefficient (Wildman–Crippen LogP) is 5.25. The molecule has 0 bridgehead atoms. The monoisotopic (exact) mass is 420 g/mol. The minimum atomic E-state index is -0.0121. The summed E-state index contributed by atoms with van der Waals surface area (Å²) in [6.07, 6.45) is 5.21.